The van der Waals surface area contributed by atoms with Gasteiger partial charge in [-0.15, -0.1) is 0 Å². The molecule has 5 aliphatic rings. The first-order chi connectivity index (χ1) is 21.3. The van der Waals surface area contributed by atoms with Gasteiger partial charge in [-0.3, -0.25) is 9.69 Å². The summed E-state index contributed by atoms with van der Waals surface area (Å²) in [5.74, 6) is 2.06. The molecule has 2 aliphatic heterocycles. The van der Waals surface area contributed by atoms with Crippen LogP contribution in [0.2, 0.25) is 0 Å². The molecule has 7 rings (SSSR count). The molecule has 6 nitrogen and oxygen atoms in total. The summed E-state index contributed by atoms with van der Waals surface area (Å²) in [6.45, 7) is 7.08. The normalized spacial score (nSPS) is 30.2. The number of hydrogen-bond acceptors (Lipinski definition) is 5. The molecule has 0 radical (unpaired) electrons. The minimum absolute atomic E-state index is 0.0584. The lowest BCUT2D eigenvalue weighted by atomic mass is 9.48. The molecule has 2 aromatic carbocycles. The van der Waals surface area contributed by atoms with Gasteiger partial charge in [-0.1, -0.05) is 69.5 Å². The minimum atomic E-state index is -0.917. The molecule has 1 spiro atoms. The number of ether oxygens (including phenoxy) is 1. The Morgan fingerprint density at radius 1 is 1.02 bits per heavy atom. The molecular weight excluding hydrogens is 548 g/mol. The van der Waals surface area contributed by atoms with Crippen LogP contribution < -0.4 is 4.74 Å². The average Bonchev–Trinajstić information content (AvgIpc) is 3.75. The number of piperidine rings is 1. The van der Waals surface area contributed by atoms with Crippen molar-refractivity contribution in [1.29, 1.82) is 0 Å². The van der Waals surface area contributed by atoms with Crippen molar-refractivity contribution in [2.45, 2.75) is 127 Å². The van der Waals surface area contributed by atoms with Gasteiger partial charge in [0, 0.05) is 31.1 Å². The van der Waals surface area contributed by atoms with Gasteiger partial charge < -0.3 is 19.8 Å². The molecule has 2 heterocycles. The fourth-order valence-electron chi connectivity index (χ4n) is 9.51. The van der Waals surface area contributed by atoms with Gasteiger partial charge in [-0.2, -0.15) is 0 Å². The highest BCUT2D eigenvalue weighted by molar-refractivity contribution is 5.77. The Kier molecular flexibility index (Phi) is 8.20. The number of nitrogens with zero attached hydrogens (tertiary/aromatic N) is 2. The number of aromatic hydroxyl groups is 1. The highest BCUT2D eigenvalue weighted by Crippen LogP contribution is 2.66. The van der Waals surface area contributed by atoms with Crippen LogP contribution in [-0.4, -0.2) is 69.3 Å². The number of benzene rings is 2. The number of rotatable bonds is 13. The number of carbonyl (C=O) groups excluding carboxylic acids is 1. The monoisotopic (exact) mass is 600 g/mol. The van der Waals surface area contributed by atoms with E-state index < -0.39 is 11.0 Å². The van der Waals surface area contributed by atoms with Gasteiger partial charge in [-0.25, -0.2) is 0 Å². The van der Waals surface area contributed by atoms with Gasteiger partial charge in [0.2, 0.25) is 5.91 Å². The lowest BCUT2D eigenvalue weighted by Gasteiger charge is -2.65. The van der Waals surface area contributed by atoms with Crippen molar-refractivity contribution >= 4 is 5.91 Å². The molecular formula is C38H52N2O4. The maximum atomic E-state index is 14.0. The van der Waals surface area contributed by atoms with Crippen LogP contribution in [-0.2, 0) is 23.1 Å². The maximum absolute atomic E-state index is 14.0. The van der Waals surface area contributed by atoms with E-state index in [0.717, 1.165) is 69.5 Å². The molecule has 2 bridgehead atoms. The number of hydrogen-bond donors (Lipinski definition) is 2. The minimum Gasteiger partial charge on any atom is -0.504 e. The quantitative estimate of drug-likeness (QED) is 0.261. The van der Waals surface area contributed by atoms with Gasteiger partial charge >= 0.3 is 0 Å². The third-order valence-electron chi connectivity index (χ3n) is 11.7. The van der Waals surface area contributed by atoms with Gasteiger partial charge in [0.15, 0.2) is 11.5 Å². The molecule has 6 heteroatoms. The van der Waals surface area contributed by atoms with Crippen LogP contribution in [0.5, 0.6) is 11.5 Å². The fraction of sp³-hybridized carbons (Fsp3) is 0.658. The summed E-state index contributed by atoms with van der Waals surface area (Å²) in [5.41, 5.74) is 2.16. The van der Waals surface area contributed by atoms with Crippen LogP contribution in [0.15, 0.2) is 42.5 Å². The summed E-state index contributed by atoms with van der Waals surface area (Å²) in [4.78, 5) is 18.7. The van der Waals surface area contributed by atoms with E-state index >= 15 is 0 Å². The Hall–Kier alpha value is -2.57. The molecule has 2 aromatic rings. The Morgan fingerprint density at radius 3 is 2.57 bits per heavy atom. The molecule has 3 fully saturated rings. The number of amides is 1. The first-order valence-electron chi connectivity index (χ1n) is 17.6. The Morgan fingerprint density at radius 2 is 1.80 bits per heavy atom. The van der Waals surface area contributed by atoms with E-state index in [1.54, 1.807) is 6.07 Å². The van der Waals surface area contributed by atoms with Gasteiger partial charge in [-0.05, 0) is 93.4 Å². The third-order valence-corrected chi connectivity index (χ3v) is 11.7. The summed E-state index contributed by atoms with van der Waals surface area (Å²) in [7, 11) is 0. The predicted molar refractivity (Wildman–Crippen MR) is 173 cm³/mol. The first-order valence-corrected chi connectivity index (χ1v) is 17.6. The van der Waals surface area contributed by atoms with Crippen molar-refractivity contribution in [1.82, 2.24) is 9.80 Å². The summed E-state index contributed by atoms with van der Waals surface area (Å²) in [6.07, 6.45) is 12.5. The van der Waals surface area contributed by atoms with Crippen molar-refractivity contribution in [3.05, 3.63) is 59.2 Å². The number of carbonyl (C=O) groups is 1. The zero-order chi connectivity index (χ0) is 30.5. The molecule has 2 saturated carbocycles. The van der Waals surface area contributed by atoms with Crippen molar-refractivity contribution < 1.29 is 19.7 Å². The van der Waals surface area contributed by atoms with Crippen LogP contribution >= 0.6 is 0 Å². The Balaban J connectivity index is 1.07. The molecule has 3 aliphatic carbocycles. The zero-order valence-corrected chi connectivity index (χ0v) is 26.8. The average molecular weight is 601 g/mol. The summed E-state index contributed by atoms with van der Waals surface area (Å²) in [5, 5.41) is 23.9. The van der Waals surface area contributed by atoms with Gasteiger partial charge in [0.1, 0.15) is 6.10 Å². The molecule has 0 aromatic heterocycles. The second kappa shape index (κ2) is 12.0. The number of phenolic OH excluding ortho intramolecular Hbond substituents is 1. The molecule has 5 atom stereocenters. The number of phenols is 1. The number of aryl methyl sites for hydroxylation is 1. The van der Waals surface area contributed by atoms with Crippen molar-refractivity contribution in [3.63, 3.8) is 0 Å². The third kappa shape index (κ3) is 5.14. The Labute approximate surface area is 263 Å². The molecule has 3 unspecified atom stereocenters. The predicted octanol–water partition coefficient (Wildman–Crippen LogP) is 6.39. The van der Waals surface area contributed by atoms with E-state index in [1.807, 2.05) is 0 Å². The summed E-state index contributed by atoms with van der Waals surface area (Å²) < 4.78 is 6.81. The second-order valence-corrected chi connectivity index (χ2v) is 15.1. The van der Waals surface area contributed by atoms with Crippen molar-refractivity contribution in [2.75, 3.05) is 19.6 Å². The topological polar surface area (TPSA) is 73.2 Å². The van der Waals surface area contributed by atoms with E-state index in [-0.39, 0.29) is 29.8 Å². The number of aliphatic hydroxyl groups is 1. The fourth-order valence-corrected chi connectivity index (χ4v) is 9.51. The molecule has 1 saturated heterocycles. The molecule has 1 amide bonds. The first kappa shape index (κ1) is 30.1. The van der Waals surface area contributed by atoms with Crippen LogP contribution in [0, 0.1) is 11.8 Å². The summed E-state index contributed by atoms with van der Waals surface area (Å²) >= 11 is 0. The molecule has 238 valence electrons. The largest absolute Gasteiger partial charge is 0.504 e. The maximum Gasteiger partial charge on any atom is 0.222 e. The van der Waals surface area contributed by atoms with E-state index in [4.69, 9.17) is 4.74 Å². The second-order valence-electron chi connectivity index (χ2n) is 15.1. The summed E-state index contributed by atoms with van der Waals surface area (Å²) in [6, 6.07) is 14.5. The van der Waals surface area contributed by atoms with Crippen LogP contribution in [0.4, 0.5) is 0 Å². The lowest BCUT2D eigenvalue weighted by Crippen LogP contribution is -2.78. The van der Waals surface area contributed by atoms with Crippen LogP contribution in [0.1, 0.15) is 101 Å². The number of likely N-dealkylation sites (tertiary alicyclic amines) is 1. The smallest absolute Gasteiger partial charge is 0.222 e. The van der Waals surface area contributed by atoms with E-state index in [0.29, 0.717) is 31.1 Å². The Bertz CT molecular complexity index is 1340. The molecule has 2 N–H and O–H groups in total. The van der Waals surface area contributed by atoms with E-state index in [9.17, 15) is 15.0 Å². The number of unbranched alkanes of at least 4 members (excludes halogenated alkanes) is 4. The zero-order valence-electron chi connectivity index (χ0n) is 26.8. The van der Waals surface area contributed by atoms with Crippen molar-refractivity contribution in [3.8, 4) is 11.5 Å². The van der Waals surface area contributed by atoms with E-state index in [1.165, 1.54) is 36.8 Å². The van der Waals surface area contributed by atoms with Crippen LogP contribution in [0.25, 0.3) is 0 Å². The highest BCUT2D eigenvalue weighted by Gasteiger charge is 2.73. The van der Waals surface area contributed by atoms with E-state index in [2.05, 4.69) is 60.0 Å². The van der Waals surface area contributed by atoms with Crippen molar-refractivity contribution in [2.24, 2.45) is 11.8 Å². The van der Waals surface area contributed by atoms with Crippen LogP contribution in [0.3, 0.4) is 0 Å². The van der Waals surface area contributed by atoms with Gasteiger partial charge in [0.25, 0.3) is 0 Å². The highest BCUT2D eigenvalue weighted by atomic mass is 16.5. The standard InChI is InChI=1S/C38H52N2O4/c1-26(2)24-40(33(42)14-10-5-3-4-7-11-27-12-8-6-9-13-27)30-19-20-38(43)32-23-29-17-18-31(41)35-34(29)37(38,36(30)44-35)21-22-39(32)25-28-15-16-28/h6,8-9,12-13,17-18,26,28,30,32,36,41,43H,3-5,7,10-11,14-16,19-25H2,1-2H3/t30?,32-,36?,37+,38?/m1/s1. The molecule has 44 heavy (non-hydrogen) atoms. The SMILES string of the molecule is CC(C)CN(C(=O)CCCCCCCc1ccccc1)C1CCC2(O)[C@H]3Cc4ccc(O)c5c4[C@@]2(CCN3CC2CC2)C1O5. The van der Waals surface area contributed by atoms with Gasteiger partial charge in [0.05, 0.1) is 17.1 Å². The lowest BCUT2D eigenvalue weighted by molar-refractivity contribution is -0.202.